The third kappa shape index (κ3) is 1.81. The van der Waals surface area contributed by atoms with Gasteiger partial charge in [0.1, 0.15) is 0 Å². The average molecular weight is 276 g/mol. The predicted molar refractivity (Wildman–Crippen MR) is 71.8 cm³/mol. The van der Waals surface area contributed by atoms with E-state index in [9.17, 15) is 25.2 Å². The van der Waals surface area contributed by atoms with Crippen molar-refractivity contribution in [3.05, 3.63) is 35.4 Å². The smallest absolute Gasteiger partial charge is 0.206 e. The van der Waals surface area contributed by atoms with Crippen LogP contribution >= 0.6 is 0 Å². The standard InChI is InChI=1S/C13H12N2O5/c14-6-4-2-1-3-5(6)9(16)7-8(15)11(18)13(20)12(19)10(7)17/h1-4,17-20H,14-15H2. The number of hydrogen-bond donors (Lipinski definition) is 6. The van der Waals surface area contributed by atoms with Gasteiger partial charge >= 0.3 is 0 Å². The summed E-state index contributed by atoms with van der Waals surface area (Å²) in [7, 11) is 0. The molecule has 0 bridgehead atoms. The summed E-state index contributed by atoms with van der Waals surface area (Å²) in [5.41, 5.74) is 10.2. The van der Waals surface area contributed by atoms with E-state index in [-0.39, 0.29) is 11.3 Å². The first-order valence-electron chi connectivity index (χ1n) is 5.50. The van der Waals surface area contributed by atoms with Crippen molar-refractivity contribution < 1.29 is 25.2 Å². The first-order valence-corrected chi connectivity index (χ1v) is 5.50. The number of hydrogen-bond acceptors (Lipinski definition) is 7. The molecule has 0 heterocycles. The molecule has 0 saturated carbocycles. The molecule has 0 radical (unpaired) electrons. The molecule has 0 aliphatic carbocycles. The van der Waals surface area contributed by atoms with Crippen molar-refractivity contribution in [3.63, 3.8) is 0 Å². The van der Waals surface area contributed by atoms with Crippen molar-refractivity contribution in [1.82, 2.24) is 0 Å². The molecular formula is C13H12N2O5. The molecular weight excluding hydrogens is 264 g/mol. The van der Waals surface area contributed by atoms with Gasteiger partial charge in [0.2, 0.25) is 17.3 Å². The maximum Gasteiger partial charge on any atom is 0.206 e. The average Bonchev–Trinajstić information content (AvgIpc) is 2.43. The van der Waals surface area contributed by atoms with E-state index in [0.29, 0.717) is 0 Å². The summed E-state index contributed by atoms with van der Waals surface area (Å²) in [5.74, 6) is -4.64. The van der Waals surface area contributed by atoms with E-state index in [1.54, 1.807) is 12.1 Å². The Kier molecular flexibility index (Phi) is 3.03. The molecule has 7 nitrogen and oxygen atoms in total. The van der Waals surface area contributed by atoms with Gasteiger partial charge < -0.3 is 31.9 Å². The van der Waals surface area contributed by atoms with Crippen molar-refractivity contribution in [1.29, 1.82) is 0 Å². The van der Waals surface area contributed by atoms with Crippen LogP contribution in [-0.2, 0) is 0 Å². The summed E-state index contributed by atoms with van der Waals surface area (Å²) in [6.07, 6.45) is 0. The fourth-order valence-corrected chi connectivity index (χ4v) is 1.78. The lowest BCUT2D eigenvalue weighted by molar-refractivity contribution is 0.103. The van der Waals surface area contributed by atoms with Crippen LogP contribution in [0, 0.1) is 0 Å². The van der Waals surface area contributed by atoms with E-state index in [1.807, 2.05) is 0 Å². The summed E-state index contributed by atoms with van der Waals surface area (Å²) in [5, 5.41) is 38.1. The number of carbonyl (C=O) groups excluding carboxylic acids is 1. The molecule has 8 N–H and O–H groups in total. The lowest BCUT2D eigenvalue weighted by Gasteiger charge is -2.13. The molecule has 2 aromatic rings. The van der Waals surface area contributed by atoms with Gasteiger partial charge in [0.25, 0.3) is 0 Å². The Balaban J connectivity index is 2.71. The normalized spacial score (nSPS) is 10.4. The lowest BCUT2D eigenvalue weighted by atomic mass is 9.98. The Hall–Kier alpha value is -3.09. The topological polar surface area (TPSA) is 150 Å². The largest absolute Gasteiger partial charge is 0.504 e. The number of anilines is 2. The van der Waals surface area contributed by atoms with E-state index in [4.69, 9.17) is 11.5 Å². The van der Waals surface area contributed by atoms with Crippen molar-refractivity contribution in [3.8, 4) is 23.0 Å². The monoisotopic (exact) mass is 276 g/mol. The Bertz CT molecular complexity index is 683. The number of para-hydroxylation sites is 1. The summed E-state index contributed by atoms with van der Waals surface area (Å²) >= 11 is 0. The minimum atomic E-state index is -1.03. The number of rotatable bonds is 2. The Morgan fingerprint density at radius 3 is 2.00 bits per heavy atom. The molecule has 20 heavy (non-hydrogen) atoms. The van der Waals surface area contributed by atoms with Crippen LogP contribution in [0.5, 0.6) is 23.0 Å². The predicted octanol–water partition coefficient (Wildman–Crippen LogP) is 0.904. The van der Waals surface area contributed by atoms with Gasteiger partial charge in [0, 0.05) is 11.3 Å². The summed E-state index contributed by atoms with van der Waals surface area (Å²) in [4.78, 5) is 12.3. The Morgan fingerprint density at radius 1 is 0.850 bits per heavy atom. The van der Waals surface area contributed by atoms with Crippen molar-refractivity contribution in [2.75, 3.05) is 11.5 Å². The summed E-state index contributed by atoms with van der Waals surface area (Å²) in [6.45, 7) is 0. The van der Waals surface area contributed by atoms with Gasteiger partial charge in [-0.3, -0.25) is 4.79 Å². The molecule has 0 aliphatic heterocycles. The molecule has 104 valence electrons. The highest BCUT2D eigenvalue weighted by Crippen LogP contribution is 2.49. The van der Waals surface area contributed by atoms with E-state index in [1.165, 1.54) is 12.1 Å². The van der Waals surface area contributed by atoms with Gasteiger partial charge in [-0.25, -0.2) is 0 Å². The maximum atomic E-state index is 12.3. The van der Waals surface area contributed by atoms with Crippen LogP contribution in [0.3, 0.4) is 0 Å². The minimum Gasteiger partial charge on any atom is -0.504 e. The van der Waals surface area contributed by atoms with Crippen LogP contribution in [-0.4, -0.2) is 26.2 Å². The maximum absolute atomic E-state index is 12.3. The van der Waals surface area contributed by atoms with Gasteiger partial charge in [-0.1, -0.05) is 12.1 Å². The third-order valence-corrected chi connectivity index (χ3v) is 2.87. The van der Waals surface area contributed by atoms with Crippen molar-refractivity contribution in [2.45, 2.75) is 0 Å². The molecule has 0 saturated heterocycles. The highest BCUT2D eigenvalue weighted by molar-refractivity contribution is 6.17. The molecule has 0 atom stereocenters. The van der Waals surface area contributed by atoms with Gasteiger partial charge in [0.05, 0.1) is 11.3 Å². The SMILES string of the molecule is Nc1ccccc1C(=O)c1c(N)c(O)c(O)c(O)c1O. The molecule has 0 fully saturated rings. The molecule has 0 aliphatic rings. The first-order chi connectivity index (χ1) is 9.36. The number of aromatic hydroxyl groups is 4. The van der Waals surface area contributed by atoms with Crippen LogP contribution in [0.15, 0.2) is 24.3 Å². The van der Waals surface area contributed by atoms with Crippen LogP contribution < -0.4 is 11.5 Å². The summed E-state index contributed by atoms with van der Waals surface area (Å²) in [6, 6.07) is 6.04. The third-order valence-electron chi connectivity index (χ3n) is 2.87. The van der Waals surface area contributed by atoms with Crippen molar-refractivity contribution >= 4 is 17.2 Å². The second kappa shape index (κ2) is 4.54. The van der Waals surface area contributed by atoms with Gasteiger partial charge in [-0.05, 0) is 12.1 Å². The number of benzene rings is 2. The Morgan fingerprint density at radius 2 is 1.40 bits per heavy atom. The van der Waals surface area contributed by atoms with Crippen LogP contribution in [0.2, 0.25) is 0 Å². The Labute approximate surface area is 113 Å². The van der Waals surface area contributed by atoms with Gasteiger partial charge in [-0.2, -0.15) is 0 Å². The second-order valence-corrected chi connectivity index (χ2v) is 4.10. The first kappa shape index (κ1) is 13.3. The molecule has 0 aromatic heterocycles. The second-order valence-electron chi connectivity index (χ2n) is 4.10. The zero-order valence-electron chi connectivity index (χ0n) is 10.2. The molecule has 0 amide bonds. The zero-order valence-corrected chi connectivity index (χ0v) is 10.2. The molecule has 2 aromatic carbocycles. The van der Waals surface area contributed by atoms with E-state index < -0.39 is 40.0 Å². The van der Waals surface area contributed by atoms with Gasteiger partial charge in [-0.15, -0.1) is 0 Å². The highest BCUT2D eigenvalue weighted by Gasteiger charge is 2.27. The number of nitrogens with two attached hydrogens (primary N) is 2. The van der Waals surface area contributed by atoms with E-state index >= 15 is 0 Å². The van der Waals surface area contributed by atoms with E-state index in [2.05, 4.69) is 0 Å². The van der Waals surface area contributed by atoms with Crippen LogP contribution in [0.4, 0.5) is 11.4 Å². The number of nitrogen functional groups attached to an aromatic ring is 2. The quantitative estimate of drug-likeness (QED) is 0.206. The molecule has 2 rings (SSSR count). The molecule has 7 heteroatoms. The van der Waals surface area contributed by atoms with Crippen LogP contribution in [0.1, 0.15) is 15.9 Å². The zero-order chi connectivity index (χ0) is 15.0. The highest BCUT2D eigenvalue weighted by atomic mass is 16.3. The number of phenols is 4. The number of carbonyl (C=O) groups is 1. The fourth-order valence-electron chi connectivity index (χ4n) is 1.78. The lowest BCUT2D eigenvalue weighted by Crippen LogP contribution is -2.09. The number of ketones is 1. The van der Waals surface area contributed by atoms with Gasteiger partial charge in [0.15, 0.2) is 11.5 Å². The molecule has 0 spiro atoms. The fraction of sp³-hybridized carbons (Fsp3) is 0. The van der Waals surface area contributed by atoms with E-state index in [0.717, 1.165) is 0 Å². The van der Waals surface area contributed by atoms with Crippen LogP contribution in [0.25, 0.3) is 0 Å². The minimum absolute atomic E-state index is 0.0407. The summed E-state index contributed by atoms with van der Waals surface area (Å²) < 4.78 is 0. The van der Waals surface area contributed by atoms with Crippen molar-refractivity contribution in [2.24, 2.45) is 0 Å². The molecule has 0 unspecified atom stereocenters. The number of phenolic OH excluding ortho intramolecular Hbond substituents is 4.